The average Bonchev–Trinajstić information content (AvgIpc) is 2.06. The fraction of sp³-hybridized carbons (Fsp3) is 0.400. The van der Waals surface area contributed by atoms with Crippen LogP contribution in [0.3, 0.4) is 0 Å². The van der Waals surface area contributed by atoms with Crippen molar-refractivity contribution < 1.29 is 8.78 Å². The molecule has 0 amide bonds. The van der Waals surface area contributed by atoms with Gasteiger partial charge >= 0.3 is 0 Å². The summed E-state index contributed by atoms with van der Waals surface area (Å²) in [5.41, 5.74) is 2.86. The Morgan fingerprint density at radius 2 is 2.00 bits per heavy atom. The molecule has 0 saturated heterocycles. The molecule has 0 aliphatic rings. The lowest BCUT2D eigenvalue weighted by atomic mass is 10.1. The van der Waals surface area contributed by atoms with E-state index in [0.717, 1.165) is 16.8 Å². The zero-order valence-corrected chi connectivity index (χ0v) is 7.77. The number of hydrogen-bond donors (Lipinski definition) is 1. The van der Waals surface area contributed by atoms with Gasteiger partial charge in [-0.2, -0.15) is 0 Å². The Bertz CT molecular complexity index is 284. The van der Waals surface area contributed by atoms with E-state index in [4.69, 9.17) is 0 Å². The number of anilines is 1. The van der Waals surface area contributed by atoms with Gasteiger partial charge in [0.1, 0.15) is 0 Å². The summed E-state index contributed by atoms with van der Waals surface area (Å²) in [6.45, 7) is 3.55. The van der Waals surface area contributed by atoms with Crippen molar-refractivity contribution in [2.75, 3.05) is 11.9 Å². The molecule has 72 valence electrons. The number of aryl methyl sites for hydroxylation is 2. The highest BCUT2D eigenvalue weighted by atomic mass is 19.3. The van der Waals surface area contributed by atoms with E-state index in [9.17, 15) is 8.78 Å². The van der Waals surface area contributed by atoms with Crippen molar-refractivity contribution >= 4 is 5.69 Å². The van der Waals surface area contributed by atoms with Crippen LogP contribution in [0.2, 0.25) is 0 Å². The normalized spacial score (nSPS) is 10.5. The molecule has 0 aromatic heterocycles. The Morgan fingerprint density at radius 3 is 2.62 bits per heavy atom. The van der Waals surface area contributed by atoms with Gasteiger partial charge in [-0.05, 0) is 31.0 Å². The highest BCUT2D eigenvalue weighted by Crippen LogP contribution is 2.16. The average molecular weight is 185 g/mol. The second-order valence-corrected chi connectivity index (χ2v) is 3.09. The van der Waals surface area contributed by atoms with Crippen LogP contribution in [0.1, 0.15) is 11.1 Å². The van der Waals surface area contributed by atoms with Crippen molar-refractivity contribution in [3.05, 3.63) is 29.3 Å². The third-order valence-electron chi connectivity index (χ3n) is 1.84. The van der Waals surface area contributed by atoms with E-state index in [0.29, 0.717) is 0 Å². The lowest BCUT2D eigenvalue weighted by molar-refractivity contribution is 0.163. The molecule has 3 heteroatoms. The van der Waals surface area contributed by atoms with Crippen molar-refractivity contribution in [1.29, 1.82) is 0 Å². The first-order valence-corrected chi connectivity index (χ1v) is 4.19. The highest BCUT2D eigenvalue weighted by molar-refractivity contribution is 5.52. The van der Waals surface area contributed by atoms with E-state index in [2.05, 4.69) is 5.32 Å². The molecule has 1 nitrogen and oxygen atoms in total. The molecule has 1 aromatic rings. The number of nitrogens with one attached hydrogen (secondary N) is 1. The SMILES string of the molecule is Cc1ccc(C)c(NCC(F)F)c1. The van der Waals surface area contributed by atoms with Gasteiger partial charge in [-0.1, -0.05) is 12.1 Å². The van der Waals surface area contributed by atoms with Crippen LogP contribution in [0.4, 0.5) is 14.5 Å². The smallest absolute Gasteiger partial charge is 0.255 e. The Balaban J connectivity index is 2.70. The molecule has 13 heavy (non-hydrogen) atoms. The van der Waals surface area contributed by atoms with Crippen LogP contribution >= 0.6 is 0 Å². The van der Waals surface area contributed by atoms with Crippen molar-refractivity contribution in [2.24, 2.45) is 0 Å². The molecule has 0 heterocycles. The van der Waals surface area contributed by atoms with E-state index in [-0.39, 0.29) is 6.54 Å². The molecule has 0 bridgehead atoms. The van der Waals surface area contributed by atoms with Crippen molar-refractivity contribution in [2.45, 2.75) is 20.3 Å². The molecular weight excluding hydrogens is 172 g/mol. The first kappa shape index (κ1) is 9.96. The fourth-order valence-electron chi connectivity index (χ4n) is 1.11. The monoisotopic (exact) mass is 185 g/mol. The van der Waals surface area contributed by atoms with E-state index < -0.39 is 6.43 Å². The lowest BCUT2D eigenvalue weighted by Crippen LogP contribution is -2.11. The summed E-state index contributed by atoms with van der Waals surface area (Å²) in [6, 6.07) is 5.75. The molecule has 0 spiro atoms. The van der Waals surface area contributed by atoms with Gasteiger partial charge in [0.15, 0.2) is 0 Å². The summed E-state index contributed by atoms with van der Waals surface area (Å²) in [4.78, 5) is 0. The Morgan fingerprint density at radius 1 is 1.31 bits per heavy atom. The summed E-state index contributed by atoms with van der Waals surface area (Å²) in [7, 11) is 0. The molecule has 1 aromatic carbocycles. The summed E-state index contributed by atoms with van der Waals surface area (Å²) in [5.74, 6) is 0. The van der Waals surface area contributed by atoms with Crippen LogP contribution in [0.5, 0.6) is 0 Å². The van der Waals surface area contributed by atoms with Gasteiger partial charge in [0.25, 0.3) is 6.43 Å². The topological polar surface area (TPSA) is 12.0 Å². The summed E-state index contributed by atoms with van der Waals surface area (Å²) >= 11 is 0. The Labute approximate surface area is 76.8 Å². The second kappa shape index (κ2) is 4.21. The minimum Gasteiger partial charge on any atom is -0.379 e. The minimum atomic E-state index is -2.31. The van der Waals surface area contributed by atoms with Crippen LogP contribution in [0.15, 0.2) is 18.2 Å². The molecule has 1 rings (SSSR count). The van der Waals surface area contributed by atoms with Crippen LogP contribution in [-0.2, 0) is 0 Å². The van der Waals surface area contributed by atoms with Crippen LogP contribution in [0.25, 0.3) is 0 Å². The van der Waals surface area contributed by atoms with Crippen LogP contribution in [-0.4, -0.2) is 13.0 Å². The van der Waals surface area contributed by atoms with Gasteiger partial charge in [0.2, 0.25) is 0 Å². The molecule has 0 unspecified atom stereocenters. The van der Waals surface area contributed by atoms with Crippen molar-refractivity contribution in [3.63, 3.8) is 0 Å². The van der Waals surface area contributed by atoms with Gasteiger partial charge in [-0.15, -0.1) is 0 Å². The number of rotatable bonds is 3. The second-order valence-electron chi connectivity index (χ2n) is 3.09. The third kappa shape index (κ3) is 3.01. The third-order valence-corrected chi connectivity index (χ3v) is 1.84. The van der Waals surface area contributed by atoms with Gasteiger partial charge in [0, 0.05) is 5.69 Å². The molecule has 0 saturated carbocycles. The molecule has 0 radical (unpaired) electrons. The first-order chi connectivity index (χ1) is 6.09. The van der Waals surface area contributed by atoms with Gasteiger partial charge in [-0.25, -0.2) is 8.78 Å². The molecule has 0 atom stereocenters. The standard InChI is InChI=1S/C10H13F2N/c1-7-3-4-8(2)9(5-7)13-6-10(11)12/h3-5,10,13H,6H2,1-2H3. The molecule has 0 aliphatic carbocycles. The van der Waals surface area contributed by atoms with Crippen LogP contribution in [0, 0.1) is 13.8 Å². The van der Waals surface area contributed by atoms with E-state index in [1.165, 1.54) is 0 Å². The zero-order chi connectivity index (χ0) is 9.84. The van der Waals surface area contributed by atoms with Gasteiger partial charge in [-0.3, -0.25) is 0 Å². The number of benzene rings is 1. The van der Waals surface area contributed by atoms with Crippen LogP contribution < -0.4 is 5.32 Å². The Hall–Kier alpha value is -1.12. The lowest BCUT2D eigenvalue weighted by Gasteiger charge is -2.09. The summed E-state index contributed by atoms with van der Waals surface area (Å²) < 4.78 is 23.8. The highest BCUT2D eigenvalue weighted by Gasteiger charge is 2.03. The van der Waals surface area contributed by atoms with Crippen molar-refractivity contribution in [1.82, 2.24) is 0 Å². The van der Waals surface area contributed by atoms with E-state index in [1.54, 1.807) is 0 Å². The van der Waals surface area contributed by atoms with E-state index >= 15 is 0 Å². The van der Waals surface area contributed by atoms with E-state index in [1.807, 2.05) is 32.0 Å². The van der Waals surface area contributed by atoms with Gasteiger partial charge < -0.3 is 5.32 Å². The number of alkyl halides is 2. The quantitative estimate of drug-likeness (QED) is 0.763. The first-order valence-electron chi connectivity index (χ1n) is 4.19. The maximum atomic E-state index is 11.9. The molecule has 0 aliphatic heterocycles. The zero-order valence-electron chi connectivity index (χ0n) is 7.77. The molecule has 0 fully saturated rings. The predicted molar refractivity (Wildman–Crippen MR) is 50.4 cm³/mol. The maximum Gasteiger partial charge on any atom is 0.255 e. The molecular formula is C10H13F2N. The summed E-state index contributed by atoms with van der Waals surface area (Å²) in [5, 5.41) is 2.70. The fourth-order valence-corrected chi connectivity index (χ4v) is 1.11. The summed E-state index contributed by atoms with van der Waals surface area (Å²) in [6.07, 6.45) is -2.31. The Kier molecular flexibility index (Phi) is 3.23. The van der Waals surface area contributed by atoms with Gasteiger partial charge in [0.05, 0.1) is 6.54 Å². The molecule has 1 N–H and O–H groups in total. The van der Waals surface area contributed by atoms with Crippen molar-refractivity contribution in [3.8, 4) is 0 Å². The predicted octanol–water partition coefficient (Wildman–Crippen LogP) is 2.98. The largest absolute Gasteiger partial charge is 0.379 e. The maximum absolute atomic E-state index is 11.9. The number of hydrogen-bond acceptors (Lipinski definition) is 1. The number of halogens is 2. The minimum absolute atomic E-state index is 0.287.